The molecular weight excluding hydrogens is 560 g/mol. The van der Waals surface area contributed by atoms with Crippen molar-refractivity contribution in [2.75, 3.05) is 0 Å². The highest BCUT2D eigenvalue weighted by molar-refractivity contribution is 5.83. The SMILES string of the molecule is Oc1ccc(C2=c3ccc([nH]3)=Cc3ccc([nH]3)C(c3ccc(O)cc3)=c3ccc([nH]3)=C(c3ccc(O)cc3)c3ccc2[nH]3)cc1. The van der Waals surface area contributed by atoms with Gasteiger partial charge >= 0.3 is 0 Å². The summed E-state index contributed by atoms with van der Waals surface area (Å²) in [5, 5.41) is 33.8. The van der Waals surface area contributed by atoms with Crippen LogP contribution in [-0.4, -0.2) is 35.3 Å². The van der Waals surface area contributed by atoms with E-state index < -0.39 is 0 Å². The largest absolute Gasteiger partial charge is 0.508 e. The zero-order chi connectivity index (χ0) is 30.5. The van der Waals surface area contributed by atoms with Gasteiger partial charge in [-0.3, -0.25) is 0 Å². The average molecular weight is 589 g/mol. The van der Waals surface area contributed by atoms with Gasteiger partial charge in [0.1, 0.15) is 17.2 Å². The van der Waals surface area contributed by atoms with Crippen molar-refractivity contribution in [2.24, 2.45) is 0 Å². The highest BCUT2D eigenvalue weighted by Gasteiger charge is 2.16. The number of nitrogens with one attached hydrogen (secondary N) is 4. The van der Waals surface area contributed by atoms with Gasteiger partial charge in [-0.25, -0.2) is 0 Å². The number of rotatable bonds is 3. The Labute approximate surface area is 257 Å². The van der Waals surface area contributed by atoms with Crippen LogP contribution >= 0.6 is 0 Å². The van der Waals surface area contributed by atoms with Crippen molar-refractivity contribution in [1.82, 2.24) is 19.9 Å². The van der Waals surface area contributed by atoms with Gasteiger partial charge in [-0.05, 0) is 108 Å². The van der Waals surface area contributed by atoms with E-state index in [1.807, 2.05) is 48.5 Å². The number of hydrogen-bond acceptors (Lipinski definition) is 3. The molecule has 7 N–H and O–H groups in total. The number of fused-ring (bicyclic) bond motifs is 8. The second-order valence-corrected chi connectivity index (χ2v) is 11.1. The molecule has 3 aromatic carbocycles. The number of aromatic nitrogens is 4. The maximum Gasteiger partial charge on any atom is 0.115 e. The monoisotopic (exact) mass is 588 g/mol. The minimum Gasteiger partial charge on any atom is -0.508 e. The Balaban J connectivity index is 1.48. The number of phenols is 3. The smallest absolute Gasteiger partial charge is 0.115 e. The third-order valence-corrected chi connectivity index (χ3v) is 8.18. The predicted molar refractivity (Wildman–Crippen MR) is 174 cm³/mol. The van der Waals surface area contributed by atoms with Crippen LogP contribution in [0.1, 0.15) is 39.5 Å². The van der Waals surface area contributed by atoms with Crippen LogP contribution < -0.4 is 21.4 Å². The first kappa shape index (κ1) is 26.3. The number of phenolic OH excluding ortho intramolecular Hbond substituents is 3. The van der Waals surface area contributed by atoms with Gasteiger partial charge in [0.2, 0.25) is 0 Å². The normalized spacial score (nSPS) is 12.8. The molecule has 45 heavy (non-hydrogen) atoms. The van der Waals surface area contributed by atoms with Gasteiger partial charge < -0.3 is 35.3 Å². The Morgan fingerprint density at radius 1 is 0.333 bits per heavy atom. The lowest BCUT2D eigenvalue weighted by Crippen LogP contribution is -2.18. The van der Waals surface area contributed by atoms with Crippen molar-refractivity contribution >= 4 is 22.8 Å². The molecule has 0 amide bonds. The highest BCUT2D eigenvalue weighted by Crippen LogP contribution is 2.27. The van der Waals surface area contributed by atoms with Gasteiger partial charge in [0.05, 0.1) is 0 Å². The molecule has 0 spiro atoms. The van der Waals surface area contributed by atoms with Crippen LogP contribution in [0.25, 0.3) is 22.8 Å². The summed E-state index contributed by atoms with van der Waals surface area (Å²) in [4.78, 5) is 14.5. The minimum atomic E-state index is 0.194. The van der Waals surface area contributed by atoms with Gasteiger partial charge in [0, 0.05) is 60.9 Å². The highest BCUT2D eigenvalue weighted by atomic mass is 16.3. The van der Waals surface area contributed by atoms with Crippen molar-refractivity contribution in [3.63, 3.8) is 0 Å². The molecule has 7 nitrogen and oxygen atoms in total. The second kappa shape index (κ2) is 10.4. The molecule has 0 radical (unpaired) electrons. The molecule has 0 saturated heterocycles. The molecule has 4 aromatic heterocycles. The number of benzene rings is 3. The fourth-order valence-electron chi connectivity index (χ4n) is 6.08. The van der Waals surface area contributed by atoms with Crippen molar-refractivity contribution in [1.29, 1.82) is 0 Å². The van der Waals surface area contributed by atoms with E-state index in [0.29, 0.717) is 0 Å². The molecule has 8 bridgehead atoms. The van der Waals surface area contributed by atoms with E-state index in [1.165, 1.54) is 0 Å². The van der Waals surface area contributed by atoms with E-state index in [2.05, 4.69) is 62.4 Å². The molecule has 1 aliphatic heterocycles. The topological polar surface area (TPSA) is 124 Å². The lowest BCUT2D eigenvalue weighted by molar-refractivity contribution is 0.474. The lowest BCUT2D eigenvalue weighted by atomic mass is 10.0. The summed E-state index contributed by atoms with van der Waals surface area (Å²) >= 11 is 0. The Bertz CT molecular complexity index is 2440. The van der Waals surface area contributed by atoms with E-state index in [4.69, 9.17) is 0 Å². The van der Waals surface area contributed by atoms with Crippen molar-refractivity contribution < 1.29 is 15.3 Å². The standard InChI is InChI=1S/C38H28N4O3/c43-27-9-1-22(2-10-27)36-30-15-7-25(39-30)21-26-8-16-31(40-26)37(23-3-11-28(44)12-4-23)33-18-20-35(42-33)38(34-19-17-32(36)41-34)24-5-13-29(45)14-6-24/h1-21,39-45H. The van der Waals surface area contributed by atoms with Gasteiger partial charge in [-0.2, -0.15) is 0 Å². The first-order valence-electron chi connectivity index (χ1n) is 14.6. The first-order chi connectivity index (χ1) is 22.0. The fourth-order valence-corrected chi connectivity index (χ4v) is 6.08. The summed E-state index contributed by atoms with van der Waals surface area (Å²) in [7, 11) is 0. The van der Waals surface area contributed by atoms with E-state index >= 15 is 0 Å². The molecule has 7 aromatic rings. The third kappa shape index (κ3) is 4.82. The molecule has 8 rings (SSSR count). The summed E-state index contributed by atoms with van der Waals surface area (Å²) in [6.45, 7) is 0. The first-order valence-corrected chi connectivity index (χ1v) is 14.6. The number of H-pyrrole nitrogens is 4. The van der Waals surface area contributed by atoms with Gasteiger partial charge in [0.15, 0.2) is 0 Å². The zero-order valence-electron chi connectivity index (χ0n) is 24.0. The van der Waals surface area contributed by atoms with Crippen LogP contribution in [0.5, 0.6) is 17.2 Å². The van der Waals surface area contributed by atoms with Crippen molar-refractivity contribution in [3.05, 3.63) is 182 Å². The number of hydrogen-bond donors (Lipinski definition) is 7. The molecule has 7 heteroatoms. The Hall–Kier alpha value is -6.34. The van der Waals surface area contributed by atoms with Crippen LogP contribution in [0.2, 0.25) is 0 Å². The van der Waals surface area contributed by atoms with Crippen LogP contribution in [0.4, 0.5) is 0 Å². The van der Waals surface area contributed by atoms with E-state index in [9.17, 15) is 15.3 Å². The summed E-state index contributed by atoms with van der Waals surface area (Å²) in [5.74, 6) is 0.605. The summed E-state index contributed by atoms with van der Waals surface area (Å²) in [6, 6.07) is 38.1. The molecule has 218 valence electrons. The van der Waals surface area contributed by atoms with E-state index in [-0.39, 0.29) is 17.2 Å². The van der Waals surface area contributed by atoms with Crippen LogP contribution in [0.3, 0.4) is 0 Å². The molecule has 0 atom stereocenters. The summed E-state index contributed by atoms with van der Waals surface area (Å²) in [5.41, 5.74) is 9.30. The minimum absolute atomic E-state index is 0.194. The Kier molecular flexibility index (Phi) is 6.10. The van der Waals surface area contributed by atoms with Crippen LogP contribution in [-0.2, 0) is 0 Å². The quantitative estimate of drug-likeness (QED) is 0.169. The molecule has 0 unspecified atom stereocenters. The maximum atomic E-state index is 10.1. The van der Waals surface area contributed by atoms with Gasteiger partial charge in [-0.15, -0.1) is 0 Å². The Morgan fingerprint density at radius 3 is 1.22 bits per heavy atom. The second-order valence-electron chi connectivity index (χ2n) is 11.1. The van der Waals surface area contributed by atoms with Gasteiger partial charge in [-0.1, -0.05) is 36.4 Å². The van der Waals surface area contributed by atoms with Crippen LogP contribution in [0, 0.1) is 0 Å². The fraction of sp³-hybridized carbons (Fsp3) is 0. The molecule has 1 aliphatic rings. The zero-order valence-corrected chi connectivity index (χ0v) is 24.0. The van der Waals surface area contributed by atoms with Gasteiger partial charge in [0.25, 0.3) is 0 Å². The summed E-state index contributed by atoms with van der Waals surface area (Å²) < 4.78 is 0. The molecular formula is C38H28N4O3. The molecule has 5 heterocycles. The summed E-state index contributed by atoms with van der Waals surface area (Å²) in [6.07, 6.45) is 2.07. The van der Waals surface area contributed by atoms with E-state index in [1.54, 1.807) is 36.4 Å². The third-order valence-electron chi connectivity index (χ3n) is 8.18. The number of aromatic amines is 4. The van der Waals surface area contributed by atoms with Crippen molar-refractivity contribution in [2.45, 2.75) is 0 Å². The van der Waals surface area contributed by atoms with Crippen molar-refractivity contribution in [3.8, 4) is 17.2 Å². The average Bonchev–Trinajstić information content (AvgIpc) is 3.87. The predicted octanol–water partition coefficient (Wildman–Crippen LogP) is 4.00. The lowest BCUT2D eigenvalue weighted by Gasteiger charge is -2.09. The van der Waals surface area contributed by atoms with E-state index in [0.717, 1.165) is 77.6 Å². The molecule has 0 fully saturated rings. The molecule has 0 saturated carbocycles. The number of aromatic hydroxyl groups is 3. The Morgan fingerprint density at radius 2 is 0.733 bits per heavy atom. The van der Waals surface area contributed by atoms with Crippen LogP contribution in [0.15, 0.2) is 121 Å². The molecule has 0 aliphatic carbocycles. The maximum absolute atomic E-state index is 10.1.